The topological polar surface area (TPSA) is 29.3 Å². The number of likely N-dealkylation sites (N-methyl/N-ethyl adjacent to an activating group) is 1. The van der Waals surface area contributed by atoms with Gasteiger partial charge in [0.15, 0.2) is 0 Å². The molecule has 2 rings (SSSR count). The number of para-hydroxylation sites is 1. The van der Waals surface area contributed by atoms with Crippen molar-refractivity contribution in [2.24, 2.45) is 5.73 Å². The van der Waals surface area contributed by atoms with E-state index in [1.807, 2.05) is 0 Å². The van der Waals surface area contributed by atoms with E-state index in [2.05, 4.69) is 46.1 Å². The second-order valence-electron chi connectivity index (χ2n) is 3.45. The zero-order valence-corrected chi connectivity index (χ0v) is 9.21. The van der Waals surface area contributed by atoms with E-state index in [9.17, 15) is 0 Å². The van der Waals surface area contributed by atoms with Crippen LogP contribution in [-0.4, -0.2) is 19.6 Å². The minimum atomic E-state index is 0.466. The van der Waals surface area contributed by atoms with E-state index in [4.69, 9.17) is 5.73 Å². The minimum Gasteiger partial charge on any atom is -0.369 e. The molecular weight excluding hydrogens is 228 g/mol. The van der Waals surface area contributed by atoms with E-state index in [1.165, 1.54) is 15.7 Å². The predicted molar refractivity (Wildman–Crippen MR) is 59.1 cm³/mol. The van der Waals surface area contributed by atoms with Gasteiger partial charge in [-0.3, -0.25) is 0 Å². The highest BCUT2D eigenvalue weighted by Crippen LogP contribution is 2.36. The molecule has 1 unspecified atom stereocenters. The SMILES string of the molecule is CN1c2c(Br)cccc2CC1CN. The molecule has 0 amide bonds. The zero-order valence-electron chi connectivity index (χ0n) is 7.63. The van der Waals surface area contributed by atoms with Gasteiger partial charge in [0, 0.05) is 24.1 Å². The van der Waals surface area contributed by atoms with Crippen LogP contribution >= 0.6 is 15.9 Å². The molecule has 0 saturated carbocycles. The van der Waals surface area contributed by atoms with Crippen molar-refractivity contribution in [3.63, 3.8) is 0 Å². The van der Waals surface area contributed by atoms with Crippen LogP contribution in [0.5, 0.6) is 0 Å². The fraction of sp³-hybridized carbons (Fsp3) is 0.400. The molecule has 0 saturated heterocycles. The molecule has 0 fully saturated rings. The predicted octanol–water partition coefficient (Wildman–Crippen LogP) is 1.77. The van der Waals surface area contributed by atoms with E-state index in [0.29, 0.717) is 6.04 Å². The molecule has 1 aromatic carbocycles. The van der Waals surface area contributed by atoms with Gasteiger partial charge < -0.3 is 10.6 Å². The summed E-state index contributed by atoms with van der Waals surface area (Å²) in [6, 6.07) is 6.80. The van der Waals surface area contributed by atoms with Crippen LogP contribution in [0.4, 0.5) is 5.69 Å². The van der Waals surface area contributed by atoms with E-state index in [0.717, 1.165) is 13.0 Å². The van der Waals surface area contributed by atoms with E-state index < -0.39 is 0 Å². The van der Waals surface area contributed by atoms with E-state index in [1.54, 1.807) is 0 Å². The number of benzene rings is 1. The van der Waals surface area contributed by atoms with Crippen molar-refractivity contribution in [2.45, 2.75) is 12.5 Å². The van der Waals surface area contributed by atoms with Crippen LogP contribution in [0.1, 0.15) is 5.56 Å². The summed E-state index contributed by atoms with van der Waals surface area (Å²) in [5, 5.41) is 0. The number of nitrogens with zero attached hydrogens (tertiary/aromatic N) is 1. The van der Waals surface area contributed by atoms with Crippen LogP contribution in [0.2, 0.25) is 0 Å². The van der Waals surface area contributed by atoms with Gasteiger partial charge >= 0.3 is 0 Å². The first-order chi connectivity index (χ1) is 6.24. The minimum absolute atomic E-state index is 0.466. The second kappa shape index (κ2) is 3.31. The van der Waals surface area contributed by atoms with Gasteiger partial charge in [0.1, 0.15) is 0 Å². The Labute approximate surface area is 86.9 Å². The summed E-state index contributed by atoms with van der Waals surface area (Å²) in [6.07, 6.45) is 1.07. The molecule has 0 aromatic heterocycles. The molecular formula is C10H13BrN2. The zero-order chi connectivity index (χ0) is 9.42. The van der Waals surface area contributed by atoms with Gasteiger partial charge in [0.2, 0.25) is 0 Å². The quantitative estimate of drug-likeness (QED) is 0.811. The second-order valence-corrected chi connectivity index (χ2v) is 4.31. The van der Waals surface area contributed by atoms with Gasteiger partial charge in [0.25, 0.3) is 0 Å². The first-order valence-electron chi connectivity index (χ1n) is 4.44. The smallest absolute Gasteiger partial charge is 0.0544 e. The average molecular weight is 241 g/mol. The molecule has 0 bridgehead atoms. The molecule has 1 heterocycles. The van der Waals surface area contributed by atoms with Crippen molar-refractivity contribution in [3.05, 3.63) is 28.2 Å². The fourth-order valence-corrected chi connectivity index (χ4v) is 2.62. The van der Waals surface area contributed by atoms with Gasteiger partial charge in [-0.2, -0.15) is 0 Å². The maximum Gasteiger partial charge on any atom is 0.0544 e. The summed E-state index contributed by atoms with van der Waals surface area (Å²) in [5.74, 6) is 0. The van der Waals surface area contributed by atoms with Gasteiger partial charge in [-0.15, -0.1) is 0 Å². The van der Waals surface area contributed by atoms with Crippen molar-refractivity contribution >= 4 is 21.6 Å². The Hall–Kier alpha value is -0.540. The van der Waals surface area contributed by atoms with Gasteiger partial charge in [-0.1, -0.05) is 12.1 Å². The highest BCUT2D eigenvalue weighted by atomic mass is 79.9. The maximum atomic E-state index is 5.70. The third kappa shape index (κ3) is 1.36. The lowest BCUT2D eigenvalue weighted by molar-refractivity contribution is 0.674. The number of rotatable bonds is 1. The Balaban J connectivity index is 2.44. The fourth-order valence-electron chi connectivity index (χ4n) is 1.93. The number of hydrogen-bond donors (Lipinski definition) is 1. The molecule has 1 aromatic rings. The van der Waals surface area contributed by atoms with Crippen molar-refractivity contribution in [2.75, 3.05) is 18.5 Å². The summed E-state index contributed by atoms with van der Waals surface area (Å²) in [5.41, 5.74) is 8.40. The largest absolute Gasteiger partial charge is 0.369 e. The number of hydrogen-bond acceptors (Lipinski definition) is 2. The molecule has 1 atom stereocenters. The first kappa shape index (κ1) is 9.03. The van der Waals surface area contributed by atoms with Crippen molar-refractivity contribution in [1.29, 1.82) is 0 Å². The molecule has 2 N–H and O–H groups in total. The average Bonchev–Trinajstić information content (AvgIpc) is 2.44. The van der Waals surface area contributed by atoms with Crippen LogP contribution in [0.15, 0.2) is 22.7 Å². The van der Waals surface area contributed by atoms with Gasteiger partial charge in [-0.25, -0.2) is 0 Å². The normalized spacial score (nSPS) is 20.5. The number of halogens is 1. The molecule has 13 heavy (non-hydrogen) atoms. The number of anilines is 1. The third-order valence-corrected chi connectivity index (χ3v) is 3.34. The highest BCUT2D eigenvalue weighted by molar-refractivity contribution is 9.10. The van der Waals surface area contributed by atoms with Crippen LogP contribution < -0.4 is 10.6 Å². The lowest BCUT2D eigenvalue weighted by atomic mass is 10.1. The molecule has 70 valence electrons. The Morgan fingerprint density at radius 1 is 1.62 bits per heavy atom. The lowest BCUT2D eigenvalue weighted by Gasteiger charge is -2.21. The molecule has 0 aliphatic carbocycles. The molecule has 0 radical (unpaired) electrons. The third-order valence-electron chi connectivity index (χ3n) is 2.70. The molecule has 0 spiro atoms. The van der Waals surface area contributed by atoms with Crippen molar-refractivity contribution in [1.82, 2.24) is 0 Å². The van der Waals surface area contributed by atoms with Crippen LogP contribution in [0.3, 0.4) is 0 Å². The maximum absolute atomic E-state index is 5.70. The number of nitrogens with two attached hydrogens (primary N) is 1. The molecule has 2 nitrogen and oxygen atoms in total. The lowest BCUT2D eigenvalue weighted by Crippen LogP contribution is -2.34. The summed E-state index contributed by atoms with van der Waals surface area (Å²) < 4.78 is 1.17. The Morgan fingerprint density at radius 3 is 3.00 bits per heavy atom. The van der Waals surface area contributed by atoms with Crippen LogP contribution in [0, 0.1) is 0 Å². The van der Waals surface area contributed by atoms with Crippen molar-refractivity contribution in [3.8, 4) is 0 Å². The Morgan fingerprint density at radius 2 is 2.38 bits per heavy atom. The Kier molecular flexibility index (Phi) is 2.30. The molecule has 1 aliphatic rings. The summed E-state index contributed by atoms with van der Waals surface area (Å²) >= 11 is 3.56. The van der Waals surface area contributed by atoms with E-state index >= 15 is 0 Å². The van der Waals surface area contributed by atoms with E-state index in [-0.39, 0.29) is 0 Å². The Bertz CT molecular complexity index is 325. The van der Waals surface area contributed by atoms with Gasteiger partial charge in [-0.05, 0) is 34.0 Å². The van der Waals surface area contributed by atoms with Gasteiger partial charge in [0.05, 0.1) is 5.69 Å². The van der Waals surface area contributed by atoms with Crippen LogP contribution in [0.25, 0.3) is 0 Å². The standard InChI is InChI=1S/C10H13BrN2/c1-13-8(6-12)5-7-3-2-4-9(11)10(7)13/h2-4,8H,5-6,12H2,1H3. The van der Waals surface area contributed by atoms with Crippen molar-refractivity contribution < 1.29 is 0 Å². The molecule has 3 heteroatoms. The monoisotopic (exact) mass is 240 g/mol. The van der Waals surface area contributed by atoms with Crippen LogP contribution in [-0.2, 0) is 6.42 Å². The first-order valence-corrected chi connectivity index (χ1v) is 5.23. The summed E-state index contributed by atoms with van der Waals surface area (Å²) in [6.45, 7) is 0.720. The summed E-state index contributed by atoms with van der Waals surface area (Å²) in [4.78, 5) is 2.26. The summed E-state index contributed by atoms with van der Waals surface area (Å²) in [7, 11) is 2.11. The number of fused-ring (bicyclic) bond motifs is 1. The highest BCUT2D eigenvalue weighted by Gasteiger charge is 2.26. The molecule has 1 aliphatic heterocycles.